The van der Waals surface area contributed by atoms with Crippen LogP contribution in [0.3, 0.4) is 0 Å². The van der Waals surface area contributed by atoms with E-state index in [2.05, 4.69) is 10.3 Å². The number of hydrogen-bond donors (Lipinski definition) is 1. The van der Waals surface area contributed by atoms with E-state index in [0.717, 1.165) is 16.2 Å². The van der Waals surface area contributed by atoms with E-state index in [1.54, 1.807) is 25.5 Å². The molecule has 9 nitrogen and oxygen atoms in total. The number of thiazole rings is 1. The van der Waals surface area contributed by atoms with E-state index < -0.39 is 18.4 Å². The van der Waals surface area contributed by atoms with E-state index >= 15 is 0 Å². The number of nitrogens with zero attached hydrogens (tertiary/aromatic N) is 3. The van der Waals surface area contributed by atoms with Crippen molar-refractivity contribution in [1.82, 2.24) is 14.8 Å². The smallest absolute Gasteiger partial charge is 0.350 e. The first-order chi connectivity index (χ1) is 12.2. The third-order valence-electron chi connectivity index (χ3n) is 3.67. The fourth-order valence-electron chi connectivity index (χ4n) is 2.23. The predicted molar refractivity (Wildman–Crippen MR) is 96.2 cm³/mol. The summed E-state index contributed by atoms with van der Waals surface area (Å²) >= 11 is 6.12. The fraction of sp³-hybridized carbons (Fsp3) is 0.467. The van der Waals surface area contributed by atoms with Gasteiger partial charge in [-0.25, -0.2) is 4.79 Å². The molecule has 0 atom stereocenters. The first kappa shape index (κ1) is 19.9. The maximum Gasteiger partial charge on any atom is 0.350 e. The van der Waals surface area contributed by atoms with Crippen LogP contribution in [-0.4, -0.2) is 51.4 Å². The van der Waals surface area contributed by atoms with Gasteiger partial charge in [-0.2, -0.15) is 4.99 Å². The maximum atomic E-state index is 12.0. The summed E-state index contributed by atoms with van der Waals surface area (Å²) in [6, 6.07) is 0. The van der Waals surface area contributed by atoms with Crippen molar-refractivity contribution in [1.29, 1.82) is 0 Å². The van der Waals surface area contributed by atoms with Gasteiger partial charge in [-0.15, -0.1) is 0 Å². The molecule has 0 bridgehead atoms. The van der Waals surface area contributed by atoms with Crippen molar-refractivity contribution in [2.45, 2.75) is 26.7 Å². The van der Waals surface area contributed by atoms with Crippen LogP contribution in [0.15, 0.2) is 4.99 Å². The van der Waals surface area contributed by atoms with E-state index in [0.29, 0.717) is 15.4 Å². The summed E-state index contributed by atoms with van der Waals surface area (Å²) in [6.45, 7) is 3.33. The van der Waals surface area contributed by atoms with Gasteiger partial charge in [-0.05, 0) is 26.1 Å². The van der Waals surface area contributed by atoms with Crippen LogP contribution in [0.1, 0.15) is 35.1 Å². The Hall–Kier alpha value is -2.40. The van der Waals surface area contributed by atoms with E-state index in [-0.39, 0.29) is 36.4 Å². The Bertz CT molecular complexity index is 839. The maximum absolute atomic E-state index is 12.0. The van der Waals surface area contributed by atoms with Gasteiger partial charge in [0, 0.05) is 25.6 Å². The second kappa shape index (κ2) is 8.32. The van der Waals surface area contributed by atoms with Gasteiger partial charge in [0.15, 0.2) is 4.80 Å². The van der Waals surface area contributed by atoms with Gasteiger partial charge in [0.1, 0.15) is 11.4 Å². The summed E-state index contributed by atoms with van der Waals surface area (Å²) in [5.41, 5.74) is 0.662. The molecule has 0 aromatic carbocycles. The van der Waals surface area contributed by atoms with Crippen molar-refractivity contribution in [3.05, 3.63) is 15.4 Å². The van der Waals surface area contributed by atoms with Gasteiger partial charge < -0.3 is 9.30 Å². The highest BCUT2D eigenvalue weighted by atomic mass is 32.1. The van der Waals surface area contributed by atoms with Gasteiger partial charge in [-0.3, -0.25) is 24.6 Å². The minimum absolute atomic E-state index is 0.113. The zero-order valence-corrected chi connectivity index (χ0v) is 16.2. The van der Waals surface area contributed by atoms with E-state index in [1.165, 1.54) is 0 Å². The number of hydrogen-bond acceptors (Lipinski definition) is 7. The number of carbonyl (C=O) groups is 4. The van der Waals surface area contributed by atoms with E-state index in [4.69, 9.17) is 17.0 Å². The monoisotopic (exact) mass is 398 g/mol. The molecule has 0 aliphatic carbocycles. The summed E-state index contributed by atoms with van der Waals surface area (Å²) in [5.74, 6) is -1.82. The molecule has 0 unspecified atom stereocenters. The molecule has 26 heavy (non-hydrogen) atoms. The van der Waals surface area contributed by atoms with Crippen LogP contribution in [0.2, 0.25) is 0 Å². The van der Waals surface area contributed by atoms with Crippen LogP contribution in [-0.2, 0) is 26.2 Å². The SMILES string of the molecule is CCOC(=O)c1sc(=NC(=S)NC(=O)CN2C(=O)CCC2=O)n(C)c1C. The van der Waals surface area contributed by atoms with Crippen LogP contribution < -0.4 is 10.1 Å². The molecular weight excluding hydrogens is 380 g/mol. The molecule has 11 heteroatoms. The first-order valence-electron chi connectivity index (χ1n) is 7.79. The largest absolute Gasteiger partial charge is 0.462 e. The number of thiocarbonyl (C=S) groups is 1. The number of amides is 3. The minimum atomic E-state index is -0.608. The molecule has 1 aromatic heterocycles. The lowest BCUT2D eigenvalue weighted by molar-refractivity contribution is -0.142. The summed E-state index contributed by atoms with van der Waals surface area (Å²) in [5, 5.41) is 2.24. The molecule has 1 N–H and O–H groups in total. The lowest BCUT2D eigenvalue weighted by Gasteiger charge is -2.12. The van der Waals surface area contributed by atoms with Gasteiger partial charge in [-0.1, -0.05) is 11.3 Å². The Balaban J connectivity index is 2.10. The zero-order valence-electron chi connectivity index (χ0n) is 14.5. The number of likely N-dealkylation sites (tertiary alicyclic amines) is 1. The normalized spacial score (nSPS) is 14.7. The lowest BCUT2D eigenvalue weighted by Crippen LogP contribution is -2.41. The van der Waals surface area contributed by atoms with Crippen molar-refractivity contribution in [2.24, 2.45) is 12.0 Å². The predicted octanol–water partition coefficient (Wildman–Crippen LogP) is 0.0225. The third-order valence-corrected chi connectivity index (χ3v) is 5.08. The quantitative estimate of drug-likeness (QED) is 0.435. The molecule has 1 aliphatic heterocycles. The lowest BCUT2D eigenvalue weighted by atomic mass is 10.4. The minimum Gasteiger partial charge on any atom is -0.462 e. The Labute approximate surface area is 158 Å². The molecule has 0 saturated carbocycles. The molecule has 2 heterocycles. The zero-order chi connectivity index (χ0) is 19.4. The average Bonchev–Trinajstić information content (AvgIpc) is 3.03. The Morgan fingerprint density at radius 1 is 1.31 bits per heavy atom. The molecule has 0 radical (unpaired) electrons. The van der Waals surface area contributed by atoms with Crippen LogP contribution >= 0.6 is 23.6 Å². The van der Waals surface area contributed by atoms with Gasteiger partial charge in [0.2, 0.25) is 22.8 Å². The molecule has 1 aromatic rings. The number of carbonyl (C=O) groups excluding carboxylic acids is 4. The summed E-state index contributed by atoms with van der Waals surface area (Å²) in [4.78, 5) is 52.7. The van der Waals surface area contributed by atoms with Crippen LogP contribution in [0, 0.1) is 6.92 Å². The first-order valence-corrected chi connectivity index (χ1v) is 9.02. The van der Waals surface area contributed by atoms with E-state index in [1.807, 2.05) is 0 Å². The number of nitrogens with one attached hydrogen (secondary N) is 1. The Morgan fingerprint density at radius 2 is 1.92 bits per heavy atom. The Morgan fingerprint density at radius 3 is 2.50 bits per heavy atom. The molecule has 3 amide bonds. The fourth-order valence-corrected chi connectivity index (χ4v) is 3.51. The molecule has 2 rings (SSSR count). The van der Waals surface area contributed by atoms with Gasteiger partial charge in [0.25, 0.3) is 0 Å². The number of aromatic nitrogens is 1. The molecule has 140 valence electrons. The molecule has 1 saturated heterocycles. The highest BCUT2D eigenvalue weighted by Gasteiger charge is 2.30. The van der Waals surface area contributed by atoms with Gasteiger partial charge >= 0.3 is 5.97 Å². The average molecular weight is 398 g/mol. The summed E-state index contributed by atoms with van der Waals surface area (Å²) in [6.07, 6.45) is 0.226. The molecular formula is C15H18N4O5S2. The Kier molecular flexibility index (Phi) is 6.37. The number of rotatable bonds is 4. The summed E-state index contributed by atoms with van der Waals surface area (Å²) in [7, 11) is 1.71. The van der Waals surface area contributed by atoms with Crippen molar-refractivity contribution in [3.63, 3.8) is 0 Å². The van der Waals surface area contributed by atoms with Crippen molar-refractivity contribution in [3.8, 4) is 0 Å². The second-order valence-electron chi connectivity index (χ2n) is 5.42. The van der Waals surface area contributed by atoms with Crippen molar-refractivity contribution in [2.75, 3.05) is 13.2 Å². The van der Waals surface area contributed by atoms with Crippen molar-refractivity contribution >= 4 is 52.4 Å². The van der Waals surface area contributed by atoms with E-state index in [9.17, 15) is 19.2 Å². The summed E-state index contributed by atoms with van der Waals surface area (Å²) < 4.78 is 6.64. The topological polar surface area (TPSA) is 110 Å². The molecule has 1 fully saturated rings. The molecule has 0 spiro atoms. The highest BCUT2D eigenvalue weighted by molar-refractivity contribution is 7.80. The number of imide groups is 1. The van der Waals surface area contributed by atoms with Gasteiger partial charge in [0.05, 0.1) is 6.61 Å². The van der Waals surface area contributed by atoms with Crippen LogP contribution in [0.5, 0.6) is 0 Å². The van der Waals surface area contributed by atoms with Crippen LogP contribution in [0.25, 0.3) is 0 Å². The standard InChI is InChI=1S/C15H18N4O5S2/c1-4-24-13(23)12-8(2)18(3)15(26-12)17-14(25)16-9(20)7-19-10(21)5-6-11(19)22/h4-7H2,1-3H3,(H,16,20,25). The number of esters is 1. The van der Waals surface area contributed by atoms with Crippen LogP contribution in [0.4, 0.5) is 0 Å². The van der Waals surface area contributed by atoms with Crippen molar-refractivity contribution < 1.29 is 23.9 Å². The third kappa shape index (κ3) is 4.41. The number of ether oxygens (including phenoxy) is 1. The highest BCUT2D eigenvalue weighted by Crippen LogP contribution is 2.12. The second-order valence-corrected chi connectivity index (χ2v) is 6.78. The molecule has 1 aliphatic rings.